The number of nitriles is 1. The Morgan fingerprint density at radius 3 is 2.94 bits per heavy atom. The Hall–Kier alpha value is -4.38. The van der Waals surface area contributed by atoms with Gasteiger partial charge in [-0.25, -0.2) is 9.97 Å². The Bertz CT molecular complexity index is 1420. The lowest BCUT2D eigenvalue weighted by molar-refractivity contribution is 0.0699. The fourth-order valence-electron chi connectivity index (χ4n) is 4.39. The molecule has 0 spiro atoms. The Labute approximate surface area is 196 Å². The molecule has 1 amide bonds. The third-order valence-corrected chi connectivity index (χ3v) is 6.15. The van der Waals surface area contributed by atoms with Gasteiger partial charge in [0.1, 0.15) is 11.6 Å². The first-order valence-corrected chi connectivity index (χ1v) is 11.1. The highest BCUT2D eigenvalue weighted by Crippen LogP contribution is 2.35. The molecule has 2 aromatic carbocycles. The Morgan fingerprint density at radius 1 is 1.24 bits per heavy atom. The van der Waals surface area contributed by atoms with E-state index in [-0.39, 0.29) is 17.6 Å². The van der Waals surface area contributed by atoms with Crippen LogP contribution in [0, 0.1) is 17.2 Å². The standard InChI is InChI=1S/C26H23N5O3/c1-34-25-19(5-2-10-28-25)17-7-9-23(32)20(12-17)24-29-21-8-6-18(13-22(21)30-24)26(33)31-11-3-4-16(14-27)15-31/h2,5-10,12-13,16,32H,3-4,11,15H2,1H3,(H,29,30). The summed E-state index contributed by atoms with van der Waals surface area (Å²) in [6, 6.07) is 16.6. The number of hydrogen-bond acceptors (Lipinski definition) is 6. The van der Waals surface area contributed by atoms with Crippen LogP contribution >= 0.6 is 0 Å². The largest absolute Gasteiger partial charge is 0.507 e. The van der Waals surface area contributed by atoms with Gasteiger partial charge in [0.15, 0.2) is 0 Å². The van der Waals surface area contributed by atoms with Gasteiger partial charge in [-0.3, -0.25) is 4.79 Å². The SMILES string of the molecule is COc1ncccc1-c1ccc(O)c(-c2nc3ccc(C(=O)N4CCCC(C#N)C4)cc3[nH]2)c1. The first-order chi connectivity index (χ1) is 16.6. The number of ether oxygens (including phenoxy) is 1. The van der Waals surface area contributed by atoms with Crippen molar-refractivity contribution in [1.29, 1.82) is 5.26 Å². The summed E-state index contributed by atoms with van der Waals surface area (Å²) in [6.45, 7) is 1.11. The molecule has 1 aliphatic heterocycles. The maximum Gasteiger partial charge on any atom is 0.253 e. The second-order valence-electron chi connectivity index (χ2n) is 8.33. The molecule has 2 N–H and O–H groups in total. The smallest absolute Gasteiger partial charge is 0.253 e. The van der Waals surface area contributed by atoms with Gasteiger partial charge in [0.2, 0.25) is 5.88 Å². The first kappa shape index (κ1) is 21.5. The van der Waals surface area contributed by atoms with E-state index in [1.54, 1.807) is 48.5 Å². The van der Waals surface area contributed by atoms with Crippen LogP contribution in [0.1, 0.15) is 23.2 Å². The zero-order valence-electron chi connectivity index (χ0n) is 18.7. The minimum absolute atomic E-state index is 0.0813. The van der Waals surface area contributed by atoms with Crippen molar-refractivity contribution in [3.63, 3.8) is 0 Å². The second-order valence-corrected chi connectivity index (χ2v) is 8.33. The van der Waals surface area contributed by atoms with Gasteiger partial charge in [0, 0.05) is 30.4 Å². The molecule has 4 aromatic rings. The highest BCUT2D eigenvalue weighted by molar-refractivity contribution is 5.98. The van der Waals surface area contributed by atoms with Gasteiger partial charge in [0.25, 0.3) is 5.91 Å². The predicted molar refractivity (Wildman–Crippen MR) is 127 cm³/mol. The Balaban J connectivity index is 1.48. The van der Waals surface area contributed by atoms with E-state index in [0.717, 1.165) is 24.0 Å². The molecule has 0 bridgehead atoms. The Morgan fingerprint density at radius 2 is 2.12 bits per heavy atom. The number of piperidine rings is 1. The molecule has 2 aromatic heterocycles. The number of likely N-dealkylation sites (tertiary alicyclic amines) is 1. The van der Waals surface area contributed by atoms with Gasteiger partial charge in [-0.15, -0.1) is 0 Å². The van der Waals surface area contributed by atoms with Crippen molar-refractivity contribution in [3.05, 3.63) is 60.3 Å². The lowest BCUT2D eigenvalue weighted by Gasteiger charge is -2.29. The molecule has 170 valence electrons. The summed E-state index contributed by atoms with van der Waals surface area (Å²) in [5.74, 6) is 0.853. The minimum atomic E-state index is -0.117. The van der Waals surface area contributed by atoms with Crippen LogP contribution in [0.5, 0.6) is 11.6 Å². The average Bonchev–Trinajstić information content (AvgIpc) is 3.31. The topological polar surface area (TPSA) is 115 Å². The summed E-state index contributed by atoms with van der Waals surface area (Å²) in [7, 11) is 1.57. The number of phenolic OH excluding ortho intramolecular Hbond substituents is 1. The van der Waals surface area contributed by atoms with Crippen molar-refractivity contribution in [1.82, 2.24) is 19.9 Å². The number of pyridine rings is 1. The van der Waals surface area contributed by atoms with Gasteiger partial charge >= 0.3 is 0 Å². The summed E-state index contributed by atoms with van der Waals surface area (Å²) in [5.41, 5.74) is 4.07. The number of phenols is 1. The van der Waals surface area contributed by atoms with Crippen LogP contribution < -0.4 is 4.74 Å². The van der Waals surface area contributed by atoms with Crippen molar-refractivity contribution in [2.24, 2.45) is 5.92 Å². The first-order valence-electron chi connectivity index (χ1n) is 11.1. The number of hydrogen-bond donors (Lipinski definition) is 2. The molecule has 5 rings (SSSR count). The van der Waals surface area contributed by atoms with Crippen LogP contribution in [0.15, 0.2) is 54.7 Å². The number of carbonyl (C=O) groups excluding carboxylic acids is 1. The number of fused-ring (bicyclic) bond motifs is 1. The molecular formula is C26H23N5O3. The number of carbonyl (C=O) groups is 1. The van der Waals surface area contributed by atoms with Crippen LogP contribution in [-0.4, -0.2) is 51.1 Å². The number of benzene rings is 2. The molecule has 0 radical (unpaired) electrons. The van der Waals surface area contributed by atoms with Gasteiger partial charge in [0.05, 0.1) is 35.7 Å². The van der Waals surface area contributed by atoms with Crippen molar-refractivity contribution >= 4 is 16.9 Å². The van der Waals surface area contributed by atoms with Crippen LogP contribution in [0.2, 0.25) is 0 Å². The minimum Gasteiger partial charge on any atom is -0.507 e. The fraction of sp³-hybridized carbons (Fsp3) is 0.231. The normalized spacial score (nSPS) is 15.8. The monoisotopic (exact) mass is 453 g/mol. The second kappa shape index (κ2) is 8.87. The van der Waals surface area contributed by atoms with Gasteiger partial charge in [-0.1, -0.05) is 6.07 Å². The molecule has 34 heavy (non-hydrogen) atoms. The predicted octanol–water partition coefficient (Wildman–Crippen LogP) is 4.38. The third kappa shape index (κ3) is 3.92. The van der Waals surface area contributed by atoms with Crippen LogP contribution in [0.4, 0.5) is 0 Å². The summed E-state index contributed by atoms with van der Waals surface area (Å²) in [6.07, 6.45) is 3.32. The third-order valence-electron chi connectivity index (χ3n) is 6.15. The number of amides is 1. The summed E-state index contributed by atoms with van der Waals surface area (Å²) in [5, 5.41) is 19.8. The van der Waals surface area contributed by atoms with Gasteiger partial charge < -0.3 is 19.7 Å². The Kier molecular flexibility index (Phi) is 5.60. The van der Waals surface area contributed by atoms with Crippen molar-refractivity contribution in [2.45, 2.75) is 12.8 Å². The van der Waals surface area contributed by atoms with E-state index in [1.165, 1.54) is 0 Å². The van der Waals surface area contributed by atoms with Crippen molar-refractivity contribution in [2.75, 3.05) is 20.2 Å². The number of methoxy groups -OCH3 is 1. The summed E-state index contributed by atoms with van der Waals surface area (Å²) < 4.78 is 5.37. The molecule has 0 aliphatic carbocycles. The molecule has 1 unspecified atom stereocenters. The van der Waals surface area contributed by atoms with Crippen molar-refractivity contribution < 1.29 is 14.6 Å². The zero-order valence-corrected chi connectivity index (χ0v) is 18.7. The molecule has 1 fully saturated rings. The molecule has 1 aliphatic rings. The van der Waals surface area contributed by atoms with E-state index in [0.29, 0.717) is 47.0 Å². The average molecular weight is 454 g/mol. The number of aromatic amines is 1. The quantitative estimate of drug-likeness (QED) is 0.474. The van der Waals surface area contributed by atoms with E-state index in [4.69, 9.17) is 4.74 Å². The number of rotatable bonds is 4. The maximum absolute atomic E-state index is 13.0. The van der Waals surface area contributed by atoms with E-state index >= 15 is 0 Å². The number of nitrogens with one attached hydrogen (secondary N) is 1. The molecule has 1 saturated heterocycles. The number of aromatic nitrogens is 3. The van der Waals surface area contributed by atoms with E-state index in [1.807, 2.05) is 18.2 Å². The van der Waals surface area contributed by atoms with Gasteiger partial charge in [-0.2, -0.15) is 5.26 Å². The molecular weight excluding hydrogens is 430 g/mol. The highest BCUT2D eigenvalue weighted by atomic mass is 16.5. The van der Waals surface area contributed by atoms with Crippen molar-refractivity contribution in [3.8, 4) is 40.2 Å². The van der Waals surface area contributed by atoms with E-state index in [9.17, 15) is 15.2 Å². The van der Waals surface area contributed by atoms with Crippen LogP contribution in [0.3, 0.4) is 0 Å². The lowest BCUT2D eigenvalue weighted by Crippen LogP contribution is -2.39. The number of nitrogens with zero attached hydrogens (tertiary/aromatic N) is 4. The summed E-state index contributed by atoms with van der Waals surface area (Å²) in [4.78, 5) is 26.9. The number of H-pyrrole nitrogens is 1. The molecule has 8 nitrogen and oxygen atoms in total. The molecule has 1 atom stereocenters. The van der Waals surface area contributed by atoms with Gasteiger partial charge in [-0.05, 0) is 60.9 Å². The number of aromatic hydroxyl groups is 1. The van der Waals surface area contributed by atoms with Crippen LogP contribution in [-0.2, 0) is 0 Å². The zero-order chi connectivity index (χ0) is 23.7. The molecule has 8 heteroatoms. The highest BCUT2D eigenvalue weighted by Gasteiger charge is 2.24. The number of imidazole rings is 1. The van der Waals surface area contributed by atoms with Crippen LogP contribution in [0.25, 0.3) is 33.5 Å². The molecule has 0 saturated carbocycles. The lowest BCUT2D eigenvalue weighted by atomic mass is 9.99. The molecule has 3 heterocycles. The maximum atomic E-state index is 13.0. The van der Waals surface area contributed by atoms with E-state index < -0.39 is 0 Å². The van der Waals surface area contributed by atoms with E-state index in [2.05, 4.69) is 21.0 Å². The summed E-state index contributed by atoms with van der Waals surface area (Å²) >= 11 is 0. The fourth-order valence-corrected chi connectivity index (χ4v) is 4.39.